The highest BCUT2D eigenvalue weighted by atomic mass is 19.2. The molecular formula is C13H19F2N3. The molecule has 5 heteroatoms. The molecule has 3 nitrogen and oxygen atoms in total. The van der Waals surface area contributed by atoms with Crippen molar-refractivity contribution in [3.8, 4) is 0 Å². The number of nitrogens with two attached hydrogens (primary N) is 1. The fourth-order valence-electron chi connectivity index (χ4n) is 2.25. The summed E-state index contributed by atoms with van der Waals surface area (Å²) in [4.78, 5) is 4.10. The number of nitrogens with zero attached hydrogens (tertiary/aromatic N) is 2. The third kappa shape index (κ3) is 2.33. The number of hydrogen-bond acceptors (Lipinski definition) is 3. The highest BCUT2D eigenvalue weighted by Crippen LogP contribution is 2.26. The number of rotatable bonds is 2. The van der Waals surface area contributed by atoms with Gasteiger partial charge in [0.1, 0.15) is 0 Å². The van der Waals surface area contributed by atoms with Gasteiger partial charge in [-0.05, 0) is 20.0 Å². The van der Waals surface area contributed by atoms with Crippen LogP contribution in [0.25, 0.3) is 0 Å². The third-order valence-corrected chi connectivity index (χ3v) is 3.66. The van der Waals surface area contributed by atoms with E-state index in [2.05, 4.69) is 11.8 Å². The molecule has 2 rings (SSSR count). The molecule has 18 heavy (non-hydrogen) atoms. The molecule has 1 heterocycles. The molecule has 1 aromatic rings. The fourth-order valence-corrected chi connectivity index (χ4v) is 2.25. The lowest BCUT2D eigenvalue weighted by Crippen LogP contribution is -2.50. The normalized spacial score (nSPS) is 21.4. The van der Waals surface area contributed by atoms with Gasteiger partial charge >= 0.3 is 0 Å². The van der Waals surface area contributed by atoms with Gasteiger partial charge in [0.15, 0.2) is 11.6 Å². The number of piperazine rings is 1. The van der Waals surface area contributed by atoms with Crippen LogP contribution in [0.15, 0.2) is 12.1 Å². The smallest absolute Gasteiger partial charge is 0.182 e. The van der Waals surface area contributed by atoms with Gasteiger partial charge in [-0.1, -0.05) is 6.07 Å². The van der Waals surface area contributed by atoms with Gasteiger partial charge < -0.3 is 15.5 Å². The van der Waals surface area contributed by atoms with Gasteiger partial charge in [0.2, 0.25) is 0 Å². The predicted molar refractivity (Wildman–Crippen MR) is 68.6 cm³/mol. The Balaban J connectivity index is 2.26. The van der Waals surface area contributed by atoms with Crippen LogP contribution in [0.3, 0.4) is 0 Å². The van der Waals surface area contributed by atoms with Crippen molar-refractivity contribution in [2.24, 2.45) is 5.73 Å². The Morgan fingerprint density at radius 2 is 2.00 bits per heavy atom. The summed E-state index contributed by atoms with van der Waals surface area (Å²) in [6.07, 6.45) is 0. The Kier molecular flexibility index (Phi) is 3.82. The highest BCUT2D eigenvalue weighted by Gasteiger charge is 2.24. The quantitative estimate of drug-likeness (QED) is 0.870. The first-order chi connectivity index (χ1) is 8.54. The first-order valence-corrected chi connectivity index (χ1v) is 6.16. The van der Waals surface area contributed by atoms with E-state index >= 15 is 0 Å². The maximum Gasteiger partial charge on any atom is 0.182 e. The molecule has 1 aliphatic rings. The standard InChI is InChI=1S/C13H19F2N3/c1-9-8-18(6-5-17(9)2)11-4-3-10(7-16)12(14)13(11)15/h3-4,9H,5-8,16H2,1-2H3. The van der Waals surface area contributed by atoms with E-state index in [4.69, 9.17) is 5.73 Å². The zero-order valence-corrected chi connectivity index (χ0v) is 10.8. The fraction of sp³-hybridized carbons (Fsp3) is 0.538. The lowest BCUT2D eigenvalue weighted by atomic mass is 10.1. The summed E-state index contributed by atoms with van der Waals surface area (Å²) in [6, 6.07) is 3.52. The first kappa shape index (κ1) is 13.2. The number of halogens is 2. The van der Waals surface area contributed by atoms with E-state index < -0.39 is 11.6 Å². The summed E-state index contributed by atoms with van der Waals surface area (Å²) in [5, 5.41) is 0. The molecule has 1 aromatic carbocycles. The van der Waals surface area contributed by atoms with Crippen molar-refractivity contribution < 1.29 is 8.78 Å². The minimum Gasteiger partial charge on any atom is -0.366 e. The SMILES string of the molecule is CC1CN(c2ccc(CN)c(F)c2F)CCN1C. The number of hydrogen-bond donors (Lipinski definition) is 1. The average Bonchev–Trinajstić information content (AvgIpc) is 2.36. The molecule has 0 spiro atoms. The second kappa shape index (κ2) is 5.20. The average molecular weight is 255 g/mol. The number of benzene rings is 1. The van der Waals surface area contributed by atoms with Crippen molar-refractivity contribution in [1.82, 2.24) is 4.90 Å². The van der Waals surface area contributed by atoms with Crippen LogP contribution >= 0.6 is 0 Å². The first-order valence-electron chi connectivity index (χ1n) is 6.16. The largest absolute Gasteiger partial charge is 0.366 e. The zero-order chi connectivity index (χ0) is 13.3. The molecule has 1 atom stereocenters. The highest BCUT2D eigenvalue weighted by molar-refractivity contribution is 5.50. The van der Waals surface area contributed by atoms with Crippen molar-refractivity contribution in [3.63, 3.8) is 0 Å². The van der Waals surface area contributed by atoms with E-state index in [0.717, 1.165) is 6.54 Å². The van der Waals surface area contributed by atoms with E-state index in [9.17, 15) is 8.78 Å². The van der Waals surface area contributed by atoms with E-state index in [1.165, 1.54) is 0 Å². The molecule has 1 saturated heterocycles. The van der Waals surface area contributed by atoms with Gasteiger partial charge in [-0.15, -0.1) is 0 Å². The van der Waals surface area contributed by atoms with Gasteiger partial charge in [0, 0.05) is 37.8 Å². The molecule has 0 aliphatic carbocycles. The van der Waals surface area contributed by atoms with E-state index in [0.29, 0.717) is 24.8 Å². The second-order valence-electron chi connectivity index (χ2n) is 4.85. The van der Waals surface area contributed by atoms with Gasteiger partial charge in [-0.3, -0.25) is 0 Å². The van der Waals surface area contributed by atoms with Gasteiger partial charge in [0.05, 0.1) is 5.69 Å². The number of likely N-dealkylation sites (N-methyl/N-ethyl adjacent to an activating group) is 1. The summed E-state index contributed by atoms with van der Waals surface area (Å²) >= 11 is 0. The summed E-state index contributed by atoms with van der Waals surface area (Å²) in [7, 11) is 2.04. The molecule has 0 amide bonds. The van der Waals surface area contributed by atoms with Gasteiger partial charge in [-0.25, -0.2) is 8.78 Å². The van der Waals surface area contributed by atoms with Crippen LogP contribution in [0.4, 0.5) is 14.5 Å². The van der Waals surface area contributed by atoms with Crippen LogP contribution in [0, 0.1) is 11.6 Å². The summed E-state index contributed by atoms with van der Waals surface area (Å²) < 4.78 is 27.7. The molecular weight excluding hydrogens is 236 g/mol. The molecule has 1 unspecified atom stereocenters. The minimum absolute atomic E-state index is 0.0160. The van der Waals surface area contributed by atoms with E-state index in [-0.39, 0.29) is 12.1 Å². The lowest BCUT2D eigenvalue weighted by Gasteiger charge is -2.39. The van der Waals surface area contributed by atoms with E-state index in [1.54, 1.807) is 12.1 Å². The van der Waals surface area contributed by atoms with Crippen molar-refractivity contribution >= 4 is 5.69 Å². The van der Waals surface area contributed by atoms with Crippen molar-refractivity contribution in [2.75, 3.05) is 31.6 Å². The van der Waals surface area contributed by atoms with Crippen molar-refractivity contribution in [3.05, 3.63) is 29.3 Å². The Bertz CT molecular complexity index is 436. The van der Waals surface area contributed by atoms with Crippen LogP contribution in [0.5, 0.6) is 0 Å². The summed E-state index contributed by atoms with van der Waals surface area (Å²) in [6.45, 7) is 4.35. The Labute approximate surface area is 106 Å². The van der Waals surface area contributed by atoms with Crippen LogP contribution in [-0.2, 0) is 6.54 Å². The summed E-state index contributed by atoms with van der Waals surface area (Å²) in [5.41, 5.74) is 5.92. The molecule has 1 fully saturated rings. The zero-order valence-electron chi connectivity index (χ0n) is 10.8. The molecule has 0 saturated carbocycles. The Morgan fingerprint density at radius 3 is 2.61 bits per heavy atom. The van der Waals surface area contributed by atoms with Crippen LogP contribution in [-0.4, -0.2) is 37.6 Å². The summed E-state index contributed by atoms with van der Waals surface area (Å²) in [5.74, 6) is -1.60. The second-order valence-corrected chi connectivity index (χ2v) is 4.85. The topological polar surface area (TPSA) is 32.5 Å². The molecule has 0 bridgehead atoms. The van der Waals surface area contributed by atoms with Gasteiger partial charge in [0.25, 0.3) is 0 Å². The van der Waals surface area contributed by atoms with Gasteiger partial charge in [-0.2, -0.15) is 0 Å². The predicted octanol–water partition coefficient (Wildman–Crippen LogP) is 1.56. The lowest BCUT2D eigenvalue weighted by molar-refractivity contribution is 0.233. The third-order valence-electron chi connectivity index (χ3n) is 3.66. The maximum absolute atomic E-state index is 14.0. The molecule has 0 radical (unpaired) electrons. The molecule has 2 N–H and O–H groups in total. The maximum atomic E-state index is 14.0. The van der Waals surface area contributed by atoms with Crippen LogP contribution < -0.4 is 10.6 Å². The van der Waals surface area contributed by atoms with Crippen molar-refractivity contribution in [2.45, 2.75) is 19.5 Å². The molecule has 100 valence electrons. The monoisotopic (exact) mass is 255 g/mol. The number of anilines is 1. The van der Waals surface area contributed by atoms with Crippen LogP contribution in [0.1, 0.15) is 12.5 Å². The van der Waals surface area contributed by atoms with Crippen LogP contribution in [0.2, 0.25) is 0 Å². The Hall–Kier alpha value is -1.20. The van der Waals surface area contributed by atoms with Crippen molar-refractivity contribution in [1.29, 1.82) is 0 Å². The molecule has 1 aliphatic heterocycles. The minimum atomic E-state index is -0.818. The van der Waals surface area contributed by atoms with E-state index in [1.807, 2.05) is 11.9 Å². The Morgan fingerprint density at radius 1 is 1.28 bits per heavy atom. The molecule has 0 aromatic heterocycles.